The van der Waals surface area contributed by atoms with Crippen LogP contribution in [0.4, 0.5) is 9.59 Å². The fourth-order valence-electron chi connectivity index (χ4n) is 10.5. The highest BCUT2D eigenvalue weighted by atomic mass is 16.5. The van der Waals surface area contributed by atoms with Crippen LogP contribution in [-0.2, 0) is 19.1 Å². The van der Waals surface area contributed by atoms with Crippen molar-refractivity contribution in [2.45, 2.75) is 103 Å². The van der Waals surface area contributed by atoms with Crippen LogP contribution in [0.2, 0.25) is 0 Å². The number of alkyl carbamates (subject to hydrolysis) is 2. The van der Waals surface area contributed by atoms with E-state index in [0.717, 1.165) is 65.4 Å². The van der Waals surface area contributed by atoms with Gasteiger partial charge in [0.05, 0.1) is 50.1 Å². The summed E-state index contributed by atoms with van der Waals surface area (Å²) in [7, 11) is 4.83. The average Bonchev–Trinajstić information content (AvgIpc) is 4.13. The number of aromatic nitrogens is 4. The molecule has 0 aliphatic carbocycles. The van der Waals surface area contributed by atoms with Gasteiger partial charge in [0.2, 0.25) is 11.8 Å². The number of H-pyrrole nitrogens is 2. The molecule has 2 aromatic carbocycles. The Morgan fingerprint density at radius 2 is 1.08 bits per heavy atom. The molecule has 4 N–H and O–H groups in total. The van der Waals surface area contributed by atoms with Crippen molar-refractivity contribution >= 4 is 24.0 Å². The van der Waals surface area contributed by atoms with E-state index >= 15 is 0 Å². The molecule has 2 aromatic heterocycles. The third-order valence-corrected chi connectivity index (χ3v) is 13.6. The topological polar surface area (TPSA) is 178 Å². The molecule has 3 fully saturated rings. The highest BCUT2D eigenvalue weighted by molar-refractivity contribution is 5.87. The number of aromatic amines is 2. The normalized spacial score (nSPS) is 24.1. The Morgan fingerprint density at radius 1 is 0.645 bits per heavy atom. The zero-order valence-corrected chi connectivity index (χ0v) is 37.3. The largest absolute Gasteiger partial charge is 0.453 e. The lowest BCUT2D eigenvalue weighted by Gasteiger charge is -2.30. The molecule has 3 saturated heterocycles. The van der Waals surface area contributed by atoms with Crippen molar-refractivity contribution in [3.8, 4) is 33.6 Å². The van der Waals surface area contributed by atoms with E-state index < -0.39 is 24.3 Å². The number of carbonyl (C=O) groups excluding carboxylic acids is 4. The Labute approximate surface area is 363 Å². The number of imidazole rings is 2. The minimum Gasteiger partial charge on any atom is -0.453 e. The number of ether oxygens (including phenoxy) is 2. The molecule has 8 atom stereocenters. The van der Waals surface area contributed by atoms with Gasteiger partial charge >= 0.3 is 12.2 Å². The summed E-state index contributed by atoms with van der Waals surface area (Å²) in [5.74, 6) is 1.53. The van der Waals surface area contributed by atoms with Crippen LogP contribution < -0.4 is 10.6 Å². The van der Waals surface area contributed by atoms with Crippen LogP contribution in [-0.4, -0.2) is 105 Å². The summed E-state index contributed by atoms with van der Waals surface area (Å²) in [4.78, 5) is 75.1. The van der Waals surface area contributed by atoms with Crippen LogP contribution in [0.5, 0.6) is 0 Å². The molecule has 15 nitrogen and oxygen atoms in total. The number of benzene rings is 2. The van der Waals surface area contributed by atoms with E-state index in [0.29, 0.717) is 19.1 Å². The molecule has 62 heavy (non-hydrogen) atoms. The number of hydrogen-bond donors (Lipinski definition) is 4. The maximum atomic E-state index is 13.9. The van der Waals surface area contributed by atoms with Gasteiger partial charge in [-0.25, -0.2) is 19.6 Å². The van der Waals surface area contributed by atoms with Gasteiger partial charge in [-0.1, -0.05) is 77.9 Å². The van der Waals surface area contributed by atoms with Gasteiger partial charge in [-0.3, -0.25) is 14.5 Å². The molecular formula is C47H61N9O6. The molecule has 0 radical (unpaired) electrons. The number of carbonyl (C=O) groups is 4. The fraction of sp³-hybridized carbons (Fsp3) is 0.532. The van der Waals surface area contributed by atoms with E-state index in [9.17, 15) is 19.2 Å². The number of methoxy groups -OCH3 is 2. The summed E-state index contributed by atoms with van der Waals surface area (Å²) >= 11 is 0. The Hall–Kier alpha value is -5.70. The third-order valence-electron chi connectivity index (χ3n) is 13.6. The van der Waals surface area contributed by atoms with Crippen LogP contribution in [0, 0.1) is 23.7 Å². The van der Waals surface area contributed by atoms with Crippen LogP contribution >= 0.6 is 0 Å². The van der Waals surface area contributed by atoms with E-state index in [1.165, 1.54) is 30.9 Å². The maximum absolute atomic E-state index is 13.9. The highest BCUT2D eigenvalue weighted by Crippen LogP contribution is 2.57. The molecular weight excluding hydrogens is 787 g/mol. The quantitative estimate of drug-likeness (QED) is 0.119. The third kappa shape index (κ3) is 7.84. The number of nitrogens with one attached hydrogen (secondary N) is 4. The zero-order valence-electron chi connectivity index (χ0n) is 37.3. The number of fused-ring (bicyclic) bond motifs is 5. The summed E-state index contributed by atoms with van der Waals surface area (Å²) in [6.45, 7) is 13.1. The molecule has 4 amide bonds. The number of likely N-dealkylation sites (tertiary alicyclic amines) is 2. The van der Waals surface area contributed by atoms with Gasteiger partial charge in [0, 0.05) is 30.7 Å². The zero-order chi connectivity index (χ0) is 44.1. The molecule has 330 valence electrons. The van der Waals surface area contributed by atoms with E-state index in [4.69, 9.17) is 19.4 Å². The fourth-order valence-corrected chi connectivity index (χ4v) is 10.5. The first-order valence-electron chi connectivity index (χ1n) is 22.1. The van der Waals surface area contributed by atoms with Gasteiger partial charge in [0.25, 0.3) is 0 Å². The molecule has 4 aliphatic rings. The Kier molecular flexibility index (Phi) is 11.9. The molecule has 2 bridgehead atoms. The lowest BCUT2D eigenvalue weighted by molar-refractivity contribution is -0.136. The SMILES string of the molecule is COC(=O)N[C@H](C(=O)N1C[C@@H](C)C[C@H]1c1ncc(-c2ccc(-c3ccc(-c4cnc([C@@H]5C[C@H](C)CN5C(=O)[C@H](NC(=O)OC)C(C)C)[nH]4)cc3)c3c2C2CCC3N2C)[nH]1)C(C)C. The lowest BCUT2D eigenvalue weighted by atomic mass is 9.82. The van der Waals surface area contributed by atoms with Gasteiger partial charge in [0.1, 0.15) is 23.7 Å². The first-order valence-corrected chi connectivity index (χ1v) is 22.1. The van der Waals surface area contributed by atoms with Gasteiger partial charge in [-0.2, -0.15) is 0 Å². The summed E-state index contributed by atoms with van der Waals surface area (Å²) in [6, 6.07) is 11.8. The number of amides is 4. The van der Waals surface area contributed by atoms with Crippen molar-refractivity contribution in [1.29, 1.82) is 0 Å². The first kappa shape index (κ1) is 43.0. The predicted molar refractivity (Wildman–Crippen MR) is 234 cm³/mol. The molecule has 2 unspecified atom stereocenters. The van der Waals surface area contributed by atoms with Crippen LogP contribution in [0.3, 0.4) is 0 Å². The maximum Gasteiger partial charge on any atom is 0.407 e. The number of rotatable bonds is 11. The minimum atomic E-state index is -0.705. The van der Waals surface area contributed by atoms with E-state index in [2.05, 4.69) is 82.8 Å². The van der Waals surface area contributed by atoms with Crippen LogP contribution in [0.25, 0.3) is 33.6 Å². The van der Waals surface area contributed by atoms with Crippen LogP contribution in [0.15, 0.2) is 48.8 Å². The second-order valence-corrected chi connectivity index (χ2v) is 18.6. The second kappa shape index (κ2) is 17.2. The summed E-state index contributed by atoms with van der Waals surface area (Å²) in [5, 5.41) is 5.48. The summed E-state index contributed by atoms with van der Waals surface area (Å²) < 4.78 is 9.65. The van der Waals surface area contributed by atoms with Crippen molar-refractivity contribution in [2.24, 2.45) is 23.7 Å². The Morgan fingerprint density at radius 3 is 1.56 bits per heavy atom. The van der Waals surface area contributed by atoms with Gasteiger partial charge in [-0.15, -0.1) is 0 Å². The van der Waals surface area contributed by atoms with Crippen molar-refractivity contribution in [3.63, 3.8) is 0 Å². The van der Waals surface area contributed by atoms with Crippen LogP contribution in [0.1, 0.15) is 114 Å². The molecule has 0 saturated carbocycles. The standard InChI is InChI=1S/C47H61N9O6/c1-24(2)40(52-46(59)61-8)44(57)55-22-26(5)18-36(55)42-48-20-32(50-42)29-12-10-28(11-13-29)30-14-15-31(39-35-17-16-34(38(30)39)54(35)7)33-21-49-43(51-33)37-19-27(6)23-56(37)45(58)41(25(3)4)53-47(60)62-9/h10-15,20-21,24-27,34-37,40-41H,16-19,22-23H2,1-9H3,(H,48,50)(H,49,51)(H,52,59)(H,53,60)/t26-,27-,34?,35?,36-,37-,40+,41-/m0/s1. The van der Waals surface area contributed by atoms with Gasteiger partial charge in [-0.05, 0) is 84.2 Å². The number of hydrogen-bond acceptors (Lipinski definition) is 9. The minimum absolute atomic E-state index is 0.117. The summed E-state index contributed by atoms with van der Waals surface area (Å²) in [6.07, 6.45) is 6.23. The van der Waals surface area contributed by atoms with Crippen molar-refractivity contribution in [2.75, 3.05) is 34.4 Å². The predicted octanol–water partition coefficient (Wildman–Crippen LogP) is 7.54. The van der Waals surface area contributed by atoms with Crippen molar-refractivity contribution < 1.29 is 28.7 Å². The molecule has 6 heterocycles. The Balaban J connectivity index is 1.04. The highest BCUT2D eigenvalue weighted by Gasteiger charge is 2.46. The van der Waals surface area contributed by atoms with Gasteiger partial charge in [0.15, 0.2) is 0 Å². The van der Waals surface area contributed by atoms with Crippen molar-refractivity contribution in [3.05, 3.63) is 71.6 Å². The smallest absolute Gasteiger partial charge is 0.407 e. The monoisotopic (exact) mass is 847 g/mol. The first-order chi connectivity index (χ1) is 29.7. The Bertz CT molecular complexity index is 2320. The number of nitrogens with zero attached hydrogens (tertiary/aromatic N) is 5. The molecule has 0 spiro atoms. The van der Waals surface area contributed by atoms with E-state index in [1.54, 1.807) is 0 Å². The molecule has 8 rings (SSSR count). The van der Waals surface area contributed by atoms with E-state index in [1.807, 2.05) is 49.9 Å². The lowest BCUT2D eigenvalue weighted by Crippen LogP contribution is -2.51. The average molecular weight is 848 g/mol. The molecule has 4 aliphatic heterocycles. The molecule has 15 heteroatoms. The van der Waals surface area contributed by atoms with E-state index in [-0.39, 0.29) is 53.6 Å². The summed E-state index contributed by atoms with van der Waals surface area (Å²) in [5.41, 5.74) is 8.98. The second-order valence-electron chi connectivity index (χ2n) is 18.6. The van der Waals surface area contributed by atoms with Gasteiger partial charge < -0.3 is 39.9 Å². The molecule has 4 aromatic rings. The van der Waals surface area contributed by atoms with Crippen molar-refractivity contribution in [1.82, 2.24) is 45.3 Å².